The first kappa shape index (κ1) is 18.7. The fraction of sp³-hybridized carbons (Fsp3) is 0.0500. The molecule has 2 aromatic heterocycles. The molecule has 9 heteroatoms. The van der Waals surface area contributed by atoms with Crippen LogP contribution < -0.4 is 5.32 Å². The summed E-state index contributed by atoms with van der Waals surface area (Å²) in [5, 5.41) is 22.6. The number of nitrogens with one attached hydrogen (secondary N) is 2. The number of aromatic hydroxyl groups is 1. The highest BCUT2D eigenvalue weighted by Gasteiger charge is 2.18. The number of fused-ring (bicyclic) bond motifs is 1. The first-order valence-electron chi connectivity index (χ1n) is 8.52. The number of aliphatic carboxylic acids is 1. The molecule has 0 amide bonds. The highest BCUT2D eigenvalue weighted by molar-refractivity contribution is 6.33. The van der Waals surface area contributed by atoms with Gasteiger partial charge in [0.2, 0.25) is 5.88 Å². The van der Waals surface area contributed by atoms with E-state index >= 15 is 0 Å². The van der Waals surface area contributed by atoms with E-state index in [1.54, 1.807) is 24.3 Å². The number of anilines is 2. The van der Waals surface area contributed by atoms with Crippen molar-refractivity contribution in [3.05, 3.63) is 65.1 Å². The van der Waals surface area contributed by atoms with Crippen molar-refractivity contribution in [3.8, 4) is 17.3 Å². The second kappa shape index (κ2) is 7.40. The molecular weight excluding hydrogens is 399 g/mol. The molecule has 0 bridgehead atoms. The highest BCUT2D eigenvalue weighted by Crippen LogP contribution is 2.35. The van der Waals surface area contributed by atoms with E-state index < -0.39 is 11.8 Å². The molecule has 2 aromatic carbocycles. The van der Waals surface area contributed by atoms with Gasteiger partial charge in [-0.25, -0.2) is 14.4 Å². The van der Waals surface area contributed by atoms with Crippen molar-refractivity contribution in [3.63, 3.8) is 0 Å². The number of hydrogen-bond acceptors (Lipinski definition) is 5. The lowest BCUT2D eigenvalue weighted by Gasteiger charge is -2.11. The van der Waals surface area contributed by atoms with Crippen LogP contribution in [0.3, 0.4) is 0 Å². The van der Waals surface area contributed by atoms with Gasteiger partial charge in [0.05, 0.1) is 22.5 Å². The average molecular weight is 413 g/mol. The van der Waals surface area contributed by atoms with Gasteiger partial charge in [-0.3, -0.25) is 4.79 Å². The number of carbonyl (C=O) groups is 1. The van der Waals surface area contributed by atoms with Crippen LogP contribution in [-0.2, 0) is 11.2 Å². The van der Waals surface area contributed by atoms with E-state index in [0.29, 0.717) is 22.2 Å². The number of hydrogen-bond donors (Lipinski definition) is 4. The van der Waals surface area contributed by atoms with Gasteiger partial charge >= 0.3 is 5.97 Å². The molecule has 2 heterocycles. The molecule has 0 atom stereocenters. The van der Waals surface area contributed by atoms with Crippen LogP contribution in [0.25, 0.3) is 22.3 Å². The van der Waals surface area contributed by atoms with Crippen LogP contribution in [0, 0.1) is 5.82 Å². The van der Waals surface area contributed by atoms with Crippen molar-refractivity contribution in [1.29, 1.82) is 0 Å². The van der Waals surface area contributed by atoms with Crippen LogP contribution in [0.1, 0.15) is 5.56 Å². The van der Waals surface area contributed by atoms with Gasteiger partial charge in [-0.05, 0) is 29.8 Å². The summed E-state index contributed by atoms with van der Waals surface area (Å²) in [5.74, 6) is -1.33. The summed E-state index contributed by atoms with van der Waals surface area (Å²) < 4.78 is 14.4. The van der Waals surface area contributed by atoms with E-state index in [1.807, 2.05) is 0 Å². The second-order valence-electron chi connectivity index (χ2n) is 6.28. The number of rotatable bonds is 5. The lowest BCUT2D eigenvalue weighted by molar-refractivity contribution is -0.136. The van der Waals surface area contributed by atoms with Crippen molar-refractivity contribution >= 4 is 40.0 Å². The quantitative estimate of drug-likeness (QED) is 0.384. The molecule has 146 valence electrons. The van der Waals surface area contributed by atoms with E-state index in [0.717, 1.165) is 0 Å². The smallest absolute Gasteiger partial charge is 0.307 e. The van der Waals surface area contributed by atoms with Crippen LogP contribution in [0.4, 0.5) is 15.9 Å². The summed E-state index contributed by atoms with van der Waals surface area (Å²) in [7, 11) is 0. The van der Waals surface area contributed by atoms with E-state index in [9.17, 15) is 14.3 Å². The first-order valence-corrected chi connectivity index (χ1v) is 8.90. The van der Waals surface area contributed by atoms with E-state index in [2.05, 4.69) is 20.3 Å². The van der Waals surface area contributed by atoms with E-state index in [4.69, 9.17) is 16.7 Å². The number of halogens is 2. The maximum atomic E-state index is 14.4. The topological polar surface area (TPSA) is 111 Å². The maximum Gasteiger partial charge on any atom is 0.307 e. The first-order chi connectivity index (χ1) is 13.9. The van der Waals surface area contributed by atoms with Gasteiger partial charge < -0.3 is 20.5 Å². The molecule has 0 aliphatic rings. The minimum absolute atomic E-state index is 0.0524. The predicted molar refractivity (Wildman–Crippen MR) is 107 cm³/mol. The lowest BCUT2D eigenvalue weighted by Crippen LogP contribution is -2.01. The van der Waals surface area contributed by atoms with Crippen LogP contribution >= 0.6 is 11.6 Å². The third-order valence-corrected chi connectivity index (χ3v) is 4.59. The monoisotopic (exact) mass is 412 g/mol. The van der Waals surface area contributed by atoms with Gasteiger partial charge in [0.1, 0.15) is 17.0 Å². The normalized spacial score (nSPS) is 11.0. The Kier molecular flexibility index (Phi) is 4.77. The van der Waals surface area contributed by atoms with Crippen molar-refractivity contribution < 1.29 is 19.4 Å². The molecule has 0 saturated heterocycles. The Balaban J connectivity index is 1.79. The third-order valence-electron chi connectivity index (χ3n) is 4.28. The van der Waals surface area contributed by atoms with Crippen LogP contribution in [0.2, 0.25) is 5.02 Å². The Labute approximate surface area is 168 Å². The SMILES string of the molecule is O=C(O)Cc1ccc(Nc2nc(-c3c(F)cccc3Cl)nc3c[nH]c(O)c23)cc1. The molecular formula is C20H14ClFN4O3. The molecule has 0 aliphatic carbocycles. The number of aromatic amines is 1. The predicted octanol–water partition coefficient (Wildman–Crippen LogP) is 4.49. The second-order valence-corrected chi connectivity index (χ2v) is 6.69. The standard InChI is InChI=1S/C20H14ClFN4O3/c21-12-2-1-3-13(22)16(12)18-25-14-9-23-20(29)17(14)19(26-18)24-11-6-4-10(5-7-11)8-15(27)28/h1-7,9,23,29H,8H2,(H,27,28)(H,24,25,26). The van der Waals surface area contributed by atoms with Gasteiger partial charge in [-0.1, -0.05) is 29.8 Å². The Bertz CT molecular complexity index is 1200. The molecule has 29 heavy (non-hydrogen) atoms. The molecule has 4 aromatic rings. The van der Waals surface area contributed by atoms with Crippen molar-refractivity contribution in [2.45, 2.75) is 6.42 Å². The molecule has 0 fully saturated rings. The summed E-state index contributed by atoms with van der Waals surface area (Å²) in [4.78, 5) is 22.2. The molecule has 0 unspecified atom stereocenters. The summed E-state index contributed by atoms with van der Waals surface area (Å²) >= 11 is 6.15. The van der Waals surface area contributed by atoms with E-state index in [1.165, 1.54) is 24.4 Å². The van der Waals surface area contributed by atoms with E-state index in [-0.39, 0.29) is 34.5 Å². The van der Waals surface area contributed by atoms with Crippen LogP contribution in [0.5, 0.6) is 5.88 Å². The largest absolute Gasteiger partial charge is 0.494 e. The highest BCUT2D eigenvalue weighted by atomic mass is 35.5. The zero-order valence-electron chi connectivity index (χ0n) is 14.8. The van der Waals surface area contributed by atoms with Gasteiger partial charge in [-0.15, -0.1) is 0 Å². The number of carboxylic acids is 1. The zero-order valence-corrected chi connectivity index (χ0v) is 15.5. The molecule has 4 rings (SSSR count). The molecule has 0 spiro atoms. The van der Waals surface area contributed by atoms with Crippen molar-refractivity contribution in [2.24, 2.45) is 0 Å². The number of benzene rings is 2. The number of H-pyrrole nitrogens is 1. The summed E-state index contributed by atoms with van der Waals surface area (Å²) in [6.45, 7) is 0. The Morgan fingerprint density at radius 2 is 1.93 bits per heavy atom. The molecule has 0 saturated carbocycles. The molecule has 0 radical (unpaired) electrons. The summed E-state index contributed by atoms with van der Waals surface area (Å²) in [5.41, 5.74) is 1.66. The molecule has 4 N–H and O–H groups in total. The van der Waals surface area contributed by atoms with Crippen molar-refractivity contribution in [2.75, 3.05) is 5.32 Å². The van der Waals surface area contributed by atoms with Gasteiger partial charge in [0.15, 0.2) is 5.82 Å². The molecule has 0 aliphatic heterocycles. The van der Waals surface area contributed by atoms with Crippen molar-refractivity contribution in [1.82, 2.24) is 15.0 Å². The molecule has 7 nitrogen and oxygen atoms in total. The zero-order chi connectivity index (χ0) is 20.5. The van der Waals surface area contributed by atoms with Gasteiger partial charge in [0.25, 0.3) is 0 Å². The maximum absolute atomic E-state index is 14.4. The third kappa shape index (κ3) is 3.70. The number of carboxylic acid groups (broad SMARTS) is 1. The Hall–Kier alpha value is -3.65. The minimum atomic E-state index is -0.924. The Morgan fingerprint density at radius 1 is 1.17 bits per heavy atom. The van der Waals surface area contributed by atoms with Gasteiger partial charge in [-0.2, -0.15) is 0 Å². The van der Waals surface area contributed by atoms with Crippen LogP contribution in [-0.4, -0.2) is 31.1 Å². The number of aromatic nitrogens is 3. The Morgan fingerprint density at radius 3 is 2.62 bits per heavy atom. The fourth-order valence-electron chi connectivity index (χ4n) is 2.96. The number of nitrogens with zero attached hydrogens (tertiary/aromatic N) is 2. The summed E-state index contributed by atoms with van der Waals surface area (Å²) in [6.07, 6.45) is 1.39. The lowest BCUT2D eigenvalue weighted by atomic mass is 10.1. The average Bonchev–Trinajstić information content (AvgIpc) is 3.04. The van der Waals surface area contributed by atoms with Gasteiger partial charge in [0, 0.05) is 11.9 Å². The summed E-state index contributed by atoms with van der Waals surface area (Å²) in [6, 6.07) is 11.0. The minimum Gasteiger partial charge on any atom is -0.494 e. The van der Waals surface area contributed by atoms with Crippen LogP contribution in [0.15, 0.2) is 48.7 Å². The fourth-order valence-corrected chi connectivity index (χ4v) is 3.20.